The Morgan fingerprint density at radius 1 is 1.23 bits per heavy atom. The Labute approximate surface area is 187 Å². The van der Waals surface area contributed by atoms with Gasteiger partial charge in [-0.1, -0.05) is 23.4 Å². The number of rotatable bonds is 4. The number of hydrogen-bond donors (Lipinski definition) is 0. The molecular formula is C22H20ClF2N3O2S. The number of benzene rings is 2. The Bertz CT molecular complexity index is 1220. The van der Waals surface area contributed by atoms with Crippen LogP contribution >= 0.6 is 23.4 Å². The molecule has 0 saturated carbocycles. The number of carbonyl (C=O) groups is 1. The SMILES string of the molecule is CC1CCCCN1C(=O)CSc1nc2ccc(Cl)cc2c(=O)n1-c1ccc(F)cc1F. The van der Waals surface area contributed by atoms with Crippen LogP contribution in [0.2, 0.25) is 5.02 Å². The summed E-state index contributed by atoms with van der Waals surface area (Å²) in [6.45, 7) is 2.72. The van der Waals surface area contributed by atoms with Gasteiger partial charge >= 0.3 is 0 Å². The van der Waals surface area contributed by atoms with E-state index in [1.165, 1.54) is 12.1 Å². The molecule has 4 rings (SSSR count). The highest BCUT2D eigenvalue weighted by molar-refractivity contribution is 7.99. The summed E-state index contributed by atoms with van der Waals surface area (Å²) in [7, 11) is 0. The number of likely N-dealkylation sites (tertiary alicyclic amines) is 1. The van der Waals surface area contributed by atoms with E-state index in [4.69, 9.17) is 11.6 Å². The summed E-state index contributed by atoms with van der Waals surface area (Å²) >= 11 is 7.09. The van der Waals surface area contributed by atoms with Crippen LogP contribution in [-0.4, -0.2) is 38.7 Å². The maximum atomic E-state index is 14.6. The predicted octanol–water partition coefficient (Wildman–Crippen LogP) is 4.81. The smallest absolute Gasteiger partial charge is 0.266 e. The lowest BCUT2D eigenvalue weighted by Gasteiger charge is -2.33. The fourth-order valence-electron chi connectivity index (χ4n) is 3.79. The fraction of sp³-hybridized carbons (Fsp3) is 0.318. The molecule has 0 aliphatic carbocycles. The fourth-order valence-corrected chi connectivity index (χ4v) is 4.85. The van der Waals surface area contributed by atoms with Gasteiger partial charge in [-0.2, -0.15) is 0 Å². The third-order valence-corrected chi connectivity index (χ3v) is 6.56. The second-order valence-corrected chi connectivity index (χ2v) is 8.89. The molecule has 31 heavy (non-hydrogen) atoms. The molecule has 1 amide bonds. The Morgan fingerprint density at radius 2 is 2.03 bits per heavy atom. The highest BCUT2D eigenvalue weighted by Crippen LogP contribution is 2.26. The van der Waals surface area contributed by atoms with E-state index in [9.17, 15) is 18.4 Å². The molecule has 1 aromatic heterocycles. The van der Waals surface area contributed by atoms with E-state index in [1.54, 1.807) is 12.1 Å². The maximum Gasteiger partial charge on any atom is 0.266 e. The van der Waals surface area contributed by atoms with Crippen molar-refractivity contribution in [2.24, 2.45) is 0 Å². The monoisotopic (exact) mass is 463 g/mol. The number of fused-ring (bicyclic) bond motifs is 1. The van der Waals surface area contributed by atoms with Crippen molar-refractivity contribution < 1.29 is 13.6 Å². The van der Waals surface area contributed by atoms with Gasteiger partial charge in [0.15, 0.2) is 5.16 Å². The van der Waals surface area contributed by atoms with Crippen molar-refractivity contribution in [1.82, 2.24) is 14.5 Å². The second kappa shape index (κ2) is 8.96. The summed E-state index contributed by atoms with van der Waals surface area (Å²) in [4.78, 5) is 32.3. The Hall–Kier alpha value is -2.45. The first-order valence-corrected chi connectivity index (χ1v) is 11.3. The molecule has 2 aromatic carbocycles. The number of thioether (sulfide) groups is 1. The maximum absolute atomic E-state index is 14.6. The van der Waals surface area contributed by atoms with Gasteiger partial charge in [0.1, 0.15) is 11.6 Å². The van der Waals surface area contributed by atoms with E-state index < -0.39 is 17.2 Å². The molecule has 1 saturated heterocycles. The van der Waals surface area contributed by atoms with Crippen molar-refractivity contribution in [2.45, 2.75) is 37.4 Å². The van der Waals surface area contributed by atoms with E-state index in [0.29, 0.717) is 23.2 Å². The number of amides is 1. The Kier molecular flexibility index (Phi) is 6.29. The molecule has 0 bridgehead atoms. The minimum Gasteiger partial charge on any atom is -0.339 e. The van der Waals surface area contributed by atoms with Crippen LogP contribution in [0.4, 0.5) is 8.78 Å². The third-order valence-electron chi connectivity index (χ3n) is 5.40. The topological polar surface area (TPSA) is 55.2 Å². The zero-order valence-corrected chi connectivity index (χ0v) is 18.3. The minimum absolute atomic E-state index is 0.0543. The molecule has 5 nitrogen and oxygen atoms in total. The van der Waals surface area contributed by atoms with Crippen LogP contribution in [0, 0.1) is 11.6 Å². The summed E-state index contributed by atoms with van der Waals surface area (Å²) in [5.41, 5.74) is -0.296. The zero-order chi connectivity index (χ0) is 22.1. The molecular weight excluding hydrogens is 444 g/mol. The number of nitrogens with zero attached hydrogens (tertiary/aromatic N) is 3. The van der Waals surface area contributed by atoms with Crippen LogP contribution in [0.1, 0.15) is 26.2 Å². The standard InChI is InChI=1S/C22H20ClF2N3O2S/c1-13-4-2-3-9-27(13)20(29)12-31-22-26-18-7-5-14(23)10-16(18)21(30)28(22)19-8-6-15(24)11-17(19)25/h5-8,10-11,13H,2-4,9,12H2,1H3. The third kappa shape index (κ3) is 4.45. The molecule has 162 valence electrons. The van der Waals surface area contributed by atoms with Crippen LogP contribution in [-0.2, 0) is 4.79 Å². The molecule has 1 aliphatic heterocycles. The lowest BCUT2D eigenvalue weighted by Crippen LogP contribution is -2.43. The molecule has 2 heterocycles. The van der Waals surface area contributed by atoms with Gasteiger partial charge < -0.3 is 4.90 Å². The molecule has 1 fully saturated rings. The van der Waals surface area contributed by atoms with E-state index in [0.717, 1.165) is 41.7 Å². The molecule has 0 radical (unpaired) electrons. The van der Waals surface area contributed by atoms with Gasteiger partial charge in [0.2, 0.25) is 5.91 Å². The van der Waals surface area contributed by atoms with Crippen molar-refractivity contribution in [2.75, 3.05) is 12.3 Å². The van der Waals surface area contributed by atoms with Gasteiger partial charge in [0.25, 0.3) is 5.56 Å². The van der Waals surface area contributed by atoms with Crippen molar-refractivity contribution in [1.29, 1.82) is 0 Å². The lowest BCUT2D eigenvalue weighted by atomic mass is 10.0. The number of aromatic nitrogens is 2. The van der Waals surface area contributed by atoms with Gasteiger partial charge in [-0.25, -0.2) is 13.8 Å². The van der Waals surface area contributed by atoms with Crippen LogP contribution in [0.5, 0.6) is 0 Å². The normalized spacial score (nSPS) is 16.6. The van der Waals surface area contributed by atoms with Crippen LogP contribution in [0.3, 0.4) is 0 Å². The lowest BCUT2D eigenvalue weighted by molar-refractivity contribution is -0.131. The van der Waals surface area contributed by atoms with E-state index in [2.05, 4.69) is 4.98 Å². The molecule has 0 spiro atoms. The molecule has 3 aromatic rings. The molecule has 9 heteroatoms. The first-order chi connectivity index (χ1) is 14.8. The van der Waals surface area contributed by atoms with Gasteiger partial charge in [0, 0.05) is 23.7 Å². The van der Waals surface area contributed by atoms with Gasteiger partial charge in [0.05, 0.1) is 22.3 Å². The van der Waals surface area contributed by atoms with Gasteiger partial charge in [-0.05, 0) is 56.5 Å². The minimum atomic E-state index is -0.900. The first-order valence-electron chi connectivity index (χ1n) is 9.95. The van der Waals surface area contributed by atoms with E-state index >= 15 is 0 Å². The summed E-state index contributed by atoms with van der Waals surface area (Å²) in [5.74, 6) is -1.66. The quantitative estimate of drug-likeness (QED) is 0.411. The van der Waals surface area contributed by atoms with Crippen LogP contribution in [0.25, 0.3) is 16.6 Å². The average Bonchev–Trinajstić information content (AvgIpc) is 2.74. The first kappa shape index (κ1) is 21.8. The summed E-state index contributed by atoms with van der Waals surface area (Å²) < 4.78 is 29.1. The Morgan fingerprint density at radius 3 is 2.77 bits per heavy atom. The van der Waals surface area contributed by atoms with E-state index in [-0.39, 0.29) is 33.9 Å². The Balaban J connectivity index is 1.77. The van der Waals surface area contributed by atoms with Crippen molar-refractivity contribution in [3.8, 4) is 5.69 Å². The van der Waals surface area contributed by atoms with Gasteiger partial charge in [-0.3, -0.25) is 14.2 Å². The van der Waals surface area contributed by atoms with Gasteiger partial charge in [-0.15, -0.1) is 0 Å². The number of hydrogen-bond acceptors (Lipinski definition) is 4. The highest BCUT2D eigenvalue weighted by Gasteiger charge is 2.24. The van der Waals surface area contributed by atoms with Crippen molar-refractivity contribution in [3.05, 3.63) is 63.4 Å². The molecule has 1 aliphatic rings. The van der Waals surface area contributed by atoms with Crippen molar-refractivity contribution in [3.63, 3.8) is 0 Å². The van der Waals surface area contributed by atoms with Crippen LogP contribution < -0.4 is 5.56 Å². The second-order valence-electron chi connectivity index (χ2n) is 7.51. The van der Waals surface area contributed by atoms with Crippen LogP contribution in [0.15, 0.2) is 46.3 Å². The molecule has 1 atom stereocenters. The average molecular weight is 464 g/mol. The molecule has 0 N–H and O–H groups in total. The summed E-state index contributed by atoms with van der Waals surface area (Å²) in [6, 6.07) is 7.78. The van der Waals surface area contributed by atoms with E-state index in [1.807, 2.05) is 11.8 Å². The number of halogens is 3. The largest absolute Gasteiger partial charge is 0.339 e. The zero-order valence-electron chi connectivity index (χ0n) is 16.8. The van der Waals surface area contributed by atoms with Crippen molar-refractivity contribution >= 4 is 40.2 Å². The number of carbonyl (C=O) groups excluding carboxylic acids is 1. The molecule has 1 unspecified atom stereocenters. The summed E-state index contributed by atoms with van der Waals surface area (Å²) in [5, 5.41) is 0.701. The summed E-state index contributed by atoms with van der Waals surface area (Å²) in [6.07, 6.45) is 3.01. The highest BCUT2D eigenvalue weighted by atomic mass is 35.5. The predicted molar refractivity (Wildman–Crippen MR) is 118 cm³/mol. The number of piperidine rings is 1.